The molecule has 0 aromatic carbocycles. The van der Waals surface area contributed by atoms with Crippen molar-refractivity contribution in [2.24, 2.45) is 11.8 Å². The summed E-state index contributed by atoms with van der Waals surface area (Å²) in [7, 11) is 0. The summed E-state index contributed by atoms with van der Waals surface area (Å²) in [6.07, 6.45) is 1.72. The third kappa shape index (κ3) is 2.45. The summed E-state index contributed by atoms with van der Waals surface area (Å²) in [5.41, 5.74) is 0. The Morgan fingerprint density at radius 3 is 2.55 bits per heavy atom. The second kappa shape index (κ2) is 3.90. The lowest BCUT2D eigenvalue weighted by Crippen LogP contribution is -2.19. The molecule has 1 aliphatic heterocycles. The van der Waals surface area contributed by atoms with E-state index in [-0.39, 0.29) is 0 Å². The van der Waals surface area contributed by atoms with Gasteiger partial charge in [0.15, 0.2) is 0 Å². The Morgan fingerprint density at radius 1 is 1.55 bits per heavy atom. The fourth-order valence-corrected chi connectivity index (χ4v) is 2.47. The van der Waals surface area contributed by atoms with Gasteiger partial charge in [-0.3, -0.25) is 0 Å². The highest BCUT2D eigenvalue weighted by molar-refractivity contribution is 9.09. The van der Waals surface area contributed by atoms with Gasteiger partial charge in [-0.2, -0.15) is 0 Å². The Balaban J connectivity index is 2.41. The molecular weight excluding hydrogens is 204 g/mol. The van der Waals surface area contributed by atoms with Crippen LogP contribution in [0.25, 0.3) is 0 Å². The third-order valence-electron chi connectivity index (χ3n) is 2.33. The van der Waals surface area contributed by atoms with Crippen molar-refractivity contribution in [3.63, 3.8) is 0 Å². The van der Waals surface area contributed by atoms with Crippen molar-refractivity contribution in [1.29, 1.82) is 0 Å². The Kier molecular flexibility index (Phi) is 3.38. The van der Waals surface area contributed by atoms with Gasteiger partial charge in [0.25, 0.3) is 0 Å². The topological polar surface area (TPSA) is 9.23 Å². The molecule has 0 saturated carbocycles. The van der Waals surface area contributed by atoms with Gasteiger partial charge in [0.1, 0.15) is 0 Å². The normalized spacial score (nSPS) is 38.5. The average Bonchev–Trinajstić information content (AvgIpc) is 2.18. The molecule has 0 aromatic heterocycles. The van der Waals surface area contributed by atoms with Gasteiger partial charge in [-0.25, -0.2) is 0 Å². The summed E-state index contributed by atoms with van der Waals surface area (Å²) < 4.78 is 5.53. The second-order valence-electron chi connectivity index (χ2n) is 3.85. The van der Waals surface area contributed by atoms with Crippen LogP contribution in [-0.2, 0) is 4.74 Å². The van der Waals surface area contributed by atoms with Crippen molar-refractivity contribution in [1.82, 2.24) is 0 Å². The molecule has 0 spiro atoms. The van der Waals surface area contributed by atoms with Crippen LogP contribution in [0.5, 0.6) is 0 Å². The molecule has 0 radical (unpaired) electrons. The van der Waals surface area contributed by atoms with E-state index in [9.17, 15) is 0 Å². The summed E-state index contributed by atoms with van der Waals surface area (Å²) in [5.74, 6) is 1.50. The average molecular weight is 221 g/mol. The van der Waals surface area contributed by atoms with Gasteiger partial charge in [-0.15, -0.1) is 0 Å². The highest BCUT2D eigenvalue weighted by Crippen LogP contribution is 2.31. The van der Waals surface area contributed by atoms with E-state index in [0.29, 0.717) is 10.9 Å². The van der Waals surface area contributed by atoms with Gasteiger partial charge in [0.2, 0.25) is 0 Å². The molecule has 1 nitrogen and oxygen atoms in total. The molecule has 0 bridgehead atoms. The first kappa shape index (κ1) is 9.53. The third-order valence-corrected chi connectivity index (χ3v) is 3.27. The Bertz CT molecular complexity index is 115. The Morgan fingerprint density at radius 2 is 2.18 bits per heavy atom. The fourth-order valence-electron chi connectivity index (χ4n) is 1.67. The minimum absolute atomic E-state index is 0.446. The number of rotatable bonds is 2. The second-order valence-corrected chi connectivity index (χ2v) is 5.02. The zero-order chi connectivity index (χ0) is 8.43. The van der Waals surface area contributed by atoms with E-state index in [4.69, 9.17) is 4.74 Å². The van der Waals surface area contributed by atoms with E-state index in [2.05, 4.69) is 36.7 Å². The quantitative estimate of drug-likeness (QED) is 0.651. The summed E-state index contributed by atoms with van der Waals surface area (Å²) in [6.45, 7) is 7.60. The maximum absolute atomic E-state index is 5.53. The first-order valence-electron chi connectivity index (χ1n) is 4.37. The smallest absolute Gasteiger partial charge is 0.0598 e. The van der Waals surface area contributed by atoms with Gasteiger partial charge < -0.3 is 4.74 Å². The molecule has 1 saturated heterocycles. The van der Waals surface area contributed by atoms with Crippen LogP contribution >= 0.6 is 15.9 Å². The molecule has 1 heterocycles. The van der Waals surface area contributed by atoms with Crippen molar-refractivity contribution in [2.75, 3.05) is 6.61 Å². The number of hydrogen-bond donors (Lipinski definition) is 0. The van der Waals surface area contributed by atoms with E-state index in [1.807, 2.05) is 0 Å². The molecule has 1 rings (SSSR count). The fraction of sp³-hybridized carbons (Fsp3) is 1.00. The lowest BCUT2D eigenvalue weighted by atomic mass is 9.92. The zero-order valence-electron chi connectivity index (χ0n) is 7.51. The van der Waals surface area contributed by atoms with Crippen LogP contribution in [0.2, 0.25) is 0 Å². The number of alkyl halides is 1. The van der Waals surface area contributed by atoms with Crippen LogP contribution in [-0.4, -0.2) is 17.5 Å². The van der Waals surface area contributed by atoms with Crippen LogP contribution in [0.3, 0.4) is 0 Å². The van der Waals surface area contributed by atoms with Gasteiger partial charge in [-0.1, -0.05) is 29.8 Å². The molecule has 1 fully saturated rings. The molecule has 0 aromatic rings. The van der Waals surface area contributed by atoms with Crippen molar-refractivity contribution < 1.29 is 4.74 Å². The molecule has 11 heavy (non-hydrogen) atoms. The van der Waals surface area contributed by atoms with E-state index >= 15 is 0 Å². The van der Waals surface area contributed by atoms with Gasteiger partial charge >= 0.3 is 0 Å². The van der Waals surface area contributed by atoms with Gasteiger partial charge in [-0.05, 0) is 25.2 Å². The predicted octanol–water partition coefficient (Wildman–Crippen LogP) is 2.83. The molecule has 0 aliphatic carbocycles. The lowest BCUT2D eigenvalue weighted by molar-refractivity contribution is 0.101. The van der Waals surface area contributed by atoms with Crippen molar-refractivity contribution in [3.05, 3.63) is 0 Å². The van der Waals surface area contributed by atoms with E-state index in [1.165, 1.54) is 6.42 Å². The molecule has 3 atom stereocenters. The molecule has 2 heteroatoms. The predicted molar refractivity (Wildman–Crippen MR) is 51.1 cm³/mol. The standard InChI is InChI=1S/C9H17BrO/c1-6(2)4-8-7(3)11-5-9(8)10/h6-9H,4-5H2,1-3H3. The summed E-state index contributed by atoms with van der Waals surface area (Å²) in [5, 5.41) is 0. The van der Waals surface area contributed by atoms with Crippen molar-refractivity contribution >= 4 is 15.9 Å². The first-order valence-corrected chi connectivity index (χ1v) is 5.28. The Hall–Kier alpha value is 0.440. The van der Waals surface area contributed by atoms with Gasteiger partial charge in [0.05, 0.1) is 12.7 Å². The SMILES string of the molecule is CC(C)CC1C(Br)COC1C. The highest BCUT2D eigenvalue weighted by Gasteiger charge is 2.32. The molecule has 3 unspecified atom stereocenters. The number of hydrogen-bond acceptors (Lipinski definition) is 1. The molecule has 66 valence electrons. The maximum Gasteiger partial charge on any atom is 0.0598 e. The van der Waals surface area contributed by atoms with Crippen molar-refractivity contribution in [2.45, 2.75) is 38.1 Å². The Labute approximate surface area is 77.6 Å². The molecule has 0 amide bonds. The van der Waals surface area contributed by atoms with Crippen molar-refractivity contribution in [3.8, 4) is 0 Å². The summed E-state index contributed by atoms with van der Waals surface area (Å²) in [6, 6.07) is 0. The van der Waals surface area contributed by atoms with Crippen LogP contribution in [0, 0.1) is 11.8 Å². The molecular formula is C9H17BrO. The van der Waals surface area contributed by atoms with E-state index < -0.39 is 0 Å². The number of halogens is 1. The van der Waals surface area contributed by atoms with E-state index in [1.54, 1.807) is 0 Å². The first-order chi connectivity index (χ1) is 5.11. The van der Waals surface area contributed by atoms with Crippen LogP contribution in [0.15, 0.2) is 0 Å². The lowest BCUT2D eigenvalue weighted by Gasteiger charge is -2.18. The maximum atomic E-state index is 5.53. The summed E-state index contributed by atoms with van der Waals surface area (Å²) >= 11 is 3.65. The van der Waals surface area contributed by atoms with Crippen LogP contribution in [0.4, 0.5) is 0 Å². The molecule has 1 aliphatic rings. The van der Waals surface area contributed by atoms with E-state index in [0.717, 1.165) is 18.4 Å². The highest BCUT2D eigenvalue weighted by atomic mass is 79.9. The molecule has 0 N–H and O–H groups in total. The van der Waals surface area contributed by atoms with Gasteiger partial charge in [0, 0.05) is 4.83 Å². The zero-order valence-corrected chi connectivity index (χ0v) is 9.10. The number of ether oxygens (including phenoxy) is 1. The van der Waals surface area contributed by atoms with Crippen LogP contribution in [0.1, 0.15) is 27.2 Å². The monoisotopic (exact) mass is 220 g/mol. The van der Waals surface area contributed by atoms with Crippen LogP contribution < -0.4 is 0 Å². The summed E-state index contributed by atoms with van der Waals surface area (Å²) in [4.78, 5) is 0.583. The minimum atomic E-state index is 0.446. The largest absolute Gasteiger partial charge is 0.377 e. The minimum Gasteiger partial charge on any atom is -0.377 e.